The summed E-state index contributed by atoms with van der Waals surface area (Å²) in [7, 11) is 0. The molecule has 0 aromatic carbocycles. The summed E-state index contributed by atoms with van der Waals surface area (Å²) in [6.07, 6.45) is 2.70. The van der Waals surface area contributed by atoms with E-state index in [4.69, 9.17) is 5.73 Å². The number of aromatic nitrogens is 4. The summed E-state index contributed by atoms with van der Waals surface area (Å²) in [6.45, 7) is 7.78. The van der Waals surface area contributed by atoms with Gasteiger partial charge in [0, 0.05) is 23.4 Å². The highest BCUT2D eigenvalue weighted by Crippen LogP contribution is 2.24. The molecule has 0 amide bonds. The molecule has 2 rings (SSSR count). The number of nitrogens with two attached hydrogens (primary N) is 1. The predicted octanol–water partition coefficient (Wildman–Crippen LogP) is 1.58. The number of hydrogen-bond acceptors (Lipinski definition) is 5. The van der Waals surface area contributed by atoms with Crippen molar-refractivity contribution in [2.75, 3.05) is 6.54 Å². The number of hydrogen-bond donors (Lipinski definition) is 1. The van der Waals surface area contributed by atoms with Gasteiger partial charge in [-0.2, -0.15) is 0 Å². The minimum atomic E-state index is 0.0990. The molecule has 0 spiro atoms. The quantitative estimate of drug-likeness (QED) is 0.911. The summed E-state index contributed by atoms with van der Waals surface area (Å²) in [5.74, 6) is 0. The van der Waals surface area contributed by atoms with Crippen LogP contribution in [0, 0.1) is 0 Å². The Balaban J connectivity index is 2.06. The maximum absolute atomic E-state index is 5.49. The molecule has 5 nitrogen and oxygen atoms in total. The Morgan fingerprint density at radius 2 is 2.17 bits per heavy atom. The highest BCUT2D eigenvalue weighted by molar-refractivity contribution is 7.09. The fourth-order valence-corrected chi connectivity index (χ4v) is 2.56. The summed E-state index contributed by atoms with van der Waals surface area (Å²) in [4.78, 5) is 4.64. The molecule has 0 aliphatic carbocycles. The van der Waals surface area contributed by atoms with Crippen molar-refractivity contribution in [1.82, 2.24) is 20.0 Å². The highest BCUT2D eigenvalue weighted by atomic mass is 32.1. The van der Waals surface area contributed by atoms with Crippen LogP contribution in [0.4, 0.5) is 0 Å². The van der Waals surface area contributed by atoms with Gasteiger partial charge >= 0.3 is 0 Å². The second-order valence-electron chi connectivity index (χ2n) is 5.32. The molecule has 0 aliphatic heterocycles. The Bertz CT molecular complexity index is 509. The molecule has 0 bridgehead atoms. The lowest BCUT2D eigenvalue weighted by Crippen LogP contribution is -2.12. The number of nitrogens with zero attached hydrogens (tertiary/aromatic N) is 4. The lowest BCUT2D eigenvalue weighted by molar-refractivity contribution is 0.566. The molecule has 2 aromatic heterocycles. The first kappa shape index (κ1) is 13.2. The van der Waals surface area contributed by atoms with E-state index in [-0.39, 0.29) is 5.41 Å². The zero-order valence-electron chi connectivity index (χ0n) is 11.1. The zero-order chi connectivity index (χ0) is 13.2. The van der Waals surface area contributed by atoms with Crippen LogP contribution in [0.1, 0.15) is 37.2 Å². The van der Waals surface area contributed by atoms with Crippen molar-refractivity contribution in [3.63, 3.8) is 0 Å². The molecular formula is C12H19N5S. The Kier molecular flexibility index (Phi) is 3.77. The normalized spacial score (nSPS) is 12.0. The molecule has 0 unspecified atom stereocenters. The Morgan fingerprint density at radius 3 is 2.78 bits per heavy atom. The van der Waals surface area contributed by atoms with E-state index in [1.165, 1.54) is 0 Å². The van der Waals surface area contributed by atoms with Crippen LogP contribution < -0.4 is 5.73 Å². The molecule has 2 aromatic rings. The summed E-state index contributed by atoms with van der Waals surface area (Å²) < 4.78 is 1.82. The minimum Gasteiger partial charge on any atom is -0.330 e. The van der Waals surface area contributed by atoms with Gasteiger partial charge in [-0.05, 0) is 6.54 Å². The van der Waals surface area contributed by atoms with Gasteiger partial charge < -0.3 is 5.73 Å². The van der Waals surface area contributed by atoms with Crippen molar-refractivity contribution >= 4 is 11.3 Å². The van der Waals surface area contributed by atoms with E-state index >= 15 is 0 Å². The SMILES string of the molecule is CC(C)(C)c1csc(Cn2cc(CCN)nn2)n1. The van der Waals surface area contributed by atoms with Gasteiger partial charge in [0.15, 0.2) is 0 Å². The van der Waals surface area contributed by atoms with E-state index in [1.54, 1.807) is 11.3 Å². The third kappa shape index (κ3) is 3.14. The predicted molar refractivity (Wildman–Crippen MR) is 72.7 cm³/mol. The zero-order valence-corrected chi connectivity index (χ0v) is 11.9. The number of rotatable bonds is 4. The van der Waals surface area contributed by atoms with Crippen LogP contribution in [0.25, 0.3) is 0 Å². The molecule has 0 aliphatic rings. The lowest BCUT2D eigenvalue weighted by Gasteiger charge is -2.14. The molecule has 2 N–H and O–H groups in total. The lowest BCUT2D eigenvalue weighted by atomic mass is 9.93. The van der Waals surface area contributed by atoms with Crippen molar-refractivity contribution in [3.05, 3.63) is 28.0 Å². The van der Waals surface area contributed by atoms with Crippen molar-refractivity contribution in [1.29, 1.82) is 0 Å². The Hall–Kier alpha value is -1.27. The van der Waals surface area contributed by atoms with Crippen molar-refractivity contribution in [2.45, 2.75) is 39.2 Å². The maximum atomic E-state index is 5.49. The van der Waals surface area contributed by atoms with Gasteiger partial charge in [0.1, 0.15) is 5.01 Å². The summed E-state index contributed by atoms with van der Waals surface area (Å²) >= 11 is 1.67. The first-order valence-corrected chi connectivity index (χ1v) is 6.91. The average Bonchev–Trinajstić information content (AvgIpc) is 2.88. The van der Waals surface area contributed by atoms with Crippen molar-refractivity contribution in [2.24, 2.45) is 5.73 Å². The average molecular weight is 265 g/mol. The van der Waals surface area contributed by atoms with Crippen LogP contribution in [0.5, 0.6) is 0 Å². The molecule has 0 fully saturated rings. The van der Waals surface area contributed by atoms with Crippen LogP contribution in [0.2, 0.25) is 0 Å². The van der Waals surface area contributed by atoms with Gasteiger partial charge in [-0.25, -0.2) is 9.67 Å². The van der Waals surface area contributed by atoms with Crippen LogP contribution in [0.3, 0.4) is 0 Å². The summed E-state index contributed by atoms with van der Waals surface area (Å²) in [5.41, 5.74) is 7.65. The fourth-order valence-electron chi connectivity index (χ4n) is 1.54. The maximum Gasteiger partial charge on any atom is 0.114 e. The molecule has 98 valence electrons. The van der Waals surface area contributed by atoms with Crippen molar-refractivity contribution < 1.29 is 0 Å². The van der Waals surface area contributed by atoms with Gasteiger partial charge in [-0.3, -0.25) is 0 Å². The van der Waals surface area contributed by atoms with Crippen LogP contribution >= 0.6 is 11.3 Å². The standard InChI is InChI=1S/C12H19N5S/c1-12(2,3)10-8-18-11(14-10)7-17-6-9(4-5-13)15-16-17/h6,8H,4-5,7,13H2,1-3H3. The van der Waals surface area contributed by atoms with Gasteiger partial charge in [-0.1, -0.05) is 26.0 Å². The van der Waals surface area contributed by atoms with Gasteiger partial charge in [0.05, 0.1) is 17.9 Å². The molecule has 0 saturated heterocycles. The van der Waals surface area contributed by atoms with E-state index in [9.17, 15) is 0 Å². The second kappa shape index (κ2) is 5.16. The first-order chi connectivity index (χ1) is 8.49. The molecule has 0 radical (unpaired) electrons. The monoisotopic (exact) mass is 265 g/mol. The van der Waals surface area contributed by atoms with Gasteiger partial charge in [-0.15, -0.1) is 16.4 Å². The summed E-state index contributed by atoms with van der Waals surface area (Å²) in [6, 6.07) is 0. The van der Waals surface area contributed by atoms with E-state index in [0.717, 1.165) is 22.8 Å². The third-order valence-electron chi connectivity index (χ3n) is 2.60. The smallest absolute Gasteiger partial charge is 0.114 e. The van der Waals surface area contributed by atoms with E-state index in [0.29, 0.717) is 13.1 Å². The third-order valence-corrected chi connectivity index (χ3v) is 3.44. The molecule has 0 saturated carbocycles. The van der Waals surface area contributed by atoms with Gasteiger partial charge in [0.25, 0.3) is 0 Å². The van der Waals surface area contributed by atoms with Crippen LogP contribution in [-0.2, 0) is 18.4 Å². The Morgan fingerprint density at radius 1 is 1.39 bits per heavy atom. The topological polar surface area (TPSA) is 69.6 Å². The highest BCUT2D eigenvalue weighted by Gasteiger charge is 2.17. The first-order valence-electron chi connectivity index (χ1n) is 6.03. The minimum absolute atomic E-state index is 0.0990. The van der Waals surface area contributed by atoms with E-state index in [1.807, 2.05) is 10.9 Å². The molecule has 0 atom stereocenters. The largest absolute Gasteiger partial charge is 0.330 e. The van der Waals surface area contributed by atoms with Crippen molar-refractivity contribution in [3.8, 4) is 0 Å². The van der Waals surface area contributed by atoms with Gasteiger partial charge in [0.2, 0.25) is 0 Å². The molecule has 18 heavy (non-hydrogen) atoms. The number of thiazole rings is 1. The van der Waals surface area contributed by atoms with E-state index < -0.39 is 0 Å². The molecule has 6 heteroatoms. The summed E-state index contributed by atoms with van der Waals surface area (Å²) in [5, 5.41) is 11.3. The molecule has 2 heterocycles. The van der Waals surface area contributed by atoms with E-state index in [2.05, 4.69) is 41.4 Å². The van der Waals surface area contributed by atoms with Crippen LogP contribution in [0.15, 0.2) is 11.6 Å². The fraction of sp³-hybridized carbons (Fsp3) is 0.583. The Labute approximate surface area is 111 Å². The van der Waals surface area contributed by atoms with Crippen LogP contribution in [-0.4, -0.2) is 26.5 Å². The molecular weight excluding hydrogens is 246 g/mol. The second-order valence-corrected chi connectivity index (χ2v) is 6.27.